The van der Waals surface area contributed by atoms with Gasteiger partial charge in [0.05, 0.1) is 18.0 Å². The van der Waals surface area contributed by atoms with E-state index in [0.717, 1.165) is 37.5 Å². The van der Waals surface area contributed by atoms with Crippen LogP contribution < -0.4 is 0 Å². The largest absolute Gasteiger partial charge is 0.465 e. The molecule has 3 heteroatoms. The zero-order valence-electron chi connectivity index (χ0n) is 11.3. The molecular weight excluding hydrogens is 212 g/mol. The first-order valence-electron chi connectivity index (χ1n) is 6.08. The van der Waals surface area contributed by atoms with Crippen molar-refractivity contribution in [1.29, 1.82) is 5.26 Å². The van der Waals surface area contributed by atoms with Gasteiger partial charge in [-0.3, -0.25) is 4.90 Å². The Labute approximate surface area is 104 Å². The highest BCUT2D eigenvalue weighted by molar-refractivity contribution is 5.05. The van der Waals surface area contributed by atoms with E-state index in [-0.39, 0.29) is 5.41 Å². The summed E-state index contributed by atoms with van der Waals surface area (Å²) in [5.41, 5.74) is -0.206. The minimum Gasteiger partial charge on any atom is -0.465 e. The molecule has 0 aliphatic rings. The van der Waals surface area contributed by atoms with E-state index in [4.69, 9.17) is 9.68 Å². The summed E-state index contributed by atoms with van der Waals surface area (Å²) in [5, 5.41) is 8.92. The van der Waals surface area contributed by atoms with Gasteiger partial charge in [0.2, 0.25) is 0 Å². The molecule has 0 fully saturated rings. The van der Waals surface area contributed by atoms with E-state index in [1.165, 1.54) is 0 Å². The molecule has 1 rings (SSSR count). The Morgan fingerprint density at radius 1 is 1.41 bits per heavy atom. The van der Waals surface area contributed by atoms with Crippen LogP contribution in [-0.2, 0) is 6.54 Å². The molecule has 0 aromatic carbocycles. The first-order valence-corrected chi connectivity index (χ1v) is 6.08. The summed E-state index contributed by atoms with van der Waals surface area (Å²) >= 11 is 0. The molecular formula is C14H22N2O. The number of aryl methyl sites for hydroxylation is 1. The number of hydrogen-bond acceptors (Lipinski definition) is 3. The third kappa shape index (κ3) is 5.06. The molecule has 0 saturated heterocycles. The fraction of sp³-hybridized carbons (Fsp3) is 0.643. The second-order valence-corrected chi connectivity index (χ2v) is 5.35. The predicted octanol–water partition coefficient (Wildman–Crippen LogP) is 3.35. The second kappa shape index (κ2) is 5.88. The lowest BCUT2D eigenvalue weighted by Crippen LogP contribution is -2.20. The van der Waals surface area contributed by atoms with Crippen LogP contribution in [0, 0.1) is 23.7 Å². The smallest absolute Gasteiger partial charge is 0.118 e. The number of hydrogen-bond donors (Lipinski definition) is 0. The van der Waals surface area contributed by atoms with Crippen molar-refractivity contribution in [3.63, 3.8) is 0 Å². The molecule has 0 aliphatic carbocycles. The Bertz CT molecular complexity index is 387. The van der Waals surface area contributed by atoms with Crippen molar-refractivity contribution in [2.45, 2.75) is 40.2 Å². The molecule has 94 valence electrons. The fourth-order valence-electron chi connectivity index (χ4n) is 1.76. The van der Waals surface area contributed by atoms with Crippen LogP contribution in [0.15, 0.2) is 16.5 Å². The normalized spacial score (nSPS) is 11.8. The van der Waals surface area contributed by atoms with Gasteiger partial charge in [-0.15, -0.1) is 0 Å². The van der Waals surface area contributed by atoms with Gasteiger partial charge in [-0.2, -0.15) is 5.26 Å². The molecule has 0 spiro atoms. The van der Waals surface area contributed by atoms with E-state index >= 15 is 0 Å². The average Bonchev–Trinajstić information content (AvgIpc) is 2.63. The molecule has 0 aliphatic heterocycles. The Kier molecular flexibility index (Phi) is 4.77. The number of nitriles is 1. The Morgan fingerprint density at radius 2 is 2.12 bits per heavy atom. The lowest BCUT2D eigenvalue weighted by atomic mass is 9.90. The highest BCUT2D eigenvalue weighted by Crippen LogP contribution is 2.20. The Balaban J connectivity index is 2.27. The van der Waals surface area contributed by atoms with Crippen molar-refractivity contribution < 1.29 is 4.42 Å². The molecule has 0 amide bonds. The monoisotopic (exact) mass is 234 g/mol. The summed E-state index contributed by atoms with van der Waals surface area (Å²) in [7, 11) is 2.08. The lowest BCUT2D eigenvalue weighted by Gasteiger charge is -2.19. The maximum atomic E-state index is 8.92. The van der Waals surface area contributed by atoms with Crippen molar-refractivity contribution >= 4 is 0 Å². The van der Waals surface area contributed by atoms with E-state index in [1.807, 2.05) is 32.9 Å². The van der Waals surface area contributed by atoms with Crippen LogP contribution in [0.2, 0.25) is 0 Å². The summed E-state index contributed by atoms with van der Waals surface area (Å²) in [6.45, 7) is 7.76. The number of rotatable bonds is 6. The van der Waals surface area contributed by atoms with E-state index < -0.39 is 0 Å². The van der Waals surface area contributed by atoms with Crippen molar-refractivity contribution in [1.82, 2.24) is 4.90 Å². The predicted molar refractivity (Wildman–Crippen MR) is 68.4 cm³/mol. The minimum absolute atomic E-state index is 0.206. The van der Waals surface area contributed by atoms with E-state index in [1.54, 1.807) is 0 Å². The van der Waals surface area contributed by atoms with Gasteiger partial charge in [-0.05, 0) is 59.3 Å². The quantitative estimate of drug-likeness (QED) is 0.757. The molecule has 0 radical (unpaired) electrons. The average molecular weight is 234 g/mol. The Morgan fingerprint density at radius 3 is 2.65 bits per heavy atom. The van der Waals surface area contributed by atoms with Crippen molar-refractivity contribution in [3.05, 3.63) is 23.7 Å². The molecule has 0 unspecified atom stereocenters. The zero-order chi connectivity index (χ0) is 12.9. The van der Waals surface area contributed by atoms with Gasteiger partial charge >= 0.3 is 0 Å². The van der Waals surface area contributed by atoms with Gasteiger partial charge in [0.25, 0.3) is 0 Å². The van der Waals surface area contributed by atoms with E-state index in [0.29, 0.717) is 0 Å². The first kappa shape index (κ1) is 13.8. The molecule has 17 heavy (non-hydrogen) atoms. The summed E-state index contributed by atoms with van der Waals surface area (Å²) < 4.78 is 5.53. The summed E-state index contributed by atoms with van der Waals surface area (Å²) in [5.74, 6) is 1.96. The standard InChI is InChI=1S/C14H22N2O/c1-12-6-7-13(17-12)10-16(4)9-5-8-14(2,3)11-15/h6-7H,5,8-10H2,1-4H3. The molecule has 1 aromatic rings. The highest BCUT2D eigenvalue weighted by Gasteiger charge is 2.16. The van der Waals surface area contributed by atoms with Gasteiger partial charge in [-0.1, -0.05) is 0 Å². The molecule has 0 saturated carbocycles. The van der Waals surface area contributed by atoms with Crippen molar-refractivity contribution in [2.24, 2.45) is 5.41 Å². The third-order valence-electron chi connectivity index (χ3n) is 2.87. The summed E-state index contributed by atoms with van der Waals surface area (Å²) in [6, 6.07) is 6.34. The third-order valence-corrected chi connectivity index (χ3v) is 2.87. The van der Waals surface area contributed by atoms with Gasteiger partial charge in [0, 0.05) is 0 Å². The van der Waals surface area contributed by atoms with Crippen LogP contribution in [-0.4, -0.2) is 18.5 Å². The van der Waals surface area contributed by atoms with Crippen molar-refractivity contribution in [3.8, 4) is 6.07 Å². The molecule has 1 heterocycles. The van der Waals surface area contributed by atoms with Crippen LogP contribution in [0.1, 0.15) is 38.2 Å². The topological polar surface area (TPSA) is 40.2 Å². The van der Waals surface area contributed by atoms with Crippen LogP contribution in [0.25, 0.3) is 0 Å². The first-order chi connectivity index (χ1) is 7.93. The maximum Gasteiger partial charge on any atom is 0.118 e. The maximum absolute atomic E-state index is 8.92. The van der Waals surface area contributed by atoms with Gasteiger partial charge in [0.1, 0.15) is 11.5 Å². The second-order valence-electron chi connectivity index (χ2n) is 5.35. The van der Waals surface area contributed by atoms with Crippen LogP contribution >= 0.6 is 0 Å². The van der Waals surface area contributed by atoms with Crippen LogP contribution in [0.4, 0.5) is 0 Å². The fourth-order valence-corrected chi connectivity index (χ4v) is 1.76. The van der Waals surface area contributed by atoms with E-state index in [9.17, 15) is 0 Å². The number of furan rings is 1. The Hall–Kier alpha value is -1.27. The van der Waals surface area contributed by atoms with Crippen LogP contribution in [0.5, 0.6) is 0 Å². The zero-order valence-corrected chi connectivity index (χ0v) is 11.3. The van der Waals surface area contributed by atoms with Crippen LogP contribution in [0.3, 0.4) is 0 Å². The molecule has 0 N–H and O–H groups in total. The molecule has 3 nitrogen and oxygen atoms in total. The minimum atomic E-state index is -0.206. The highest BCUT2D eigenvalue weighted by atomic mass is 16.3. The van der Waals surface area contributed by atoms with Gasteiger partial charge in [0.15, 0.2) is 0 Å². The molecule has 1 aromatic heterocycles. The molecule has 0 atom stereocenters. The van der Waals surface area contributed by atoms with Crippen molar-refractivity contribution in [2.75, 3.05) is 13.6 Å². The van der Waals surface area contributed by atoms with Gasteiger partial charge in [-0.25, -0.2) is 0 Å². The van der Waals surface area contributed by atoms with Gasteiger partial charge < -0.3 is 4.42 Å². The SMILES string of the molecule is Cc1ccc(CN(C)CCCC(C)(C)C#N)o1. The summed E-state index contributed by atoms with van der Waals surface area (Å²) in [4.78, 5) is 2.23. The molecule has 0 bridgehead atoms. The summed E-state index contributed by atoms with van der Waals surface area (Å²) in [6.07, 6.45) is 1.97. The lowest BCUT2D eigenvalue weighted by molar-refractivity contribution is 0.273. The number of nitrogens with zero attached hydrogens (tertiary/aromatic N) is 2. The van der Waals surface area contributed by atoms with E-state index in [2.05, 4.69) is 18.0 Å².